The summed E-state index contributed by atoms with van der Waals surface area (Å²) in [7, 11) is 0. The van der Waals surface area contributed by atoms with Crippen LogP contribution in [0.15, 0.2) is 22.8 Å². The standard InChI is InChI=1S/C12H14BrN3/c13-12-10-6-8(3-4-11(10)15-16-12)9-2-1-5-14-7-9/h3-4,6,9,14H,1-2,5,7H2,(H,15,16). The first-order valence-corrected chi connectivity index (χ1v) is 6.48. The number of fused-ring (bicyclic) bond motifs is 1. The van der Waals surface area contributed by atoms with Gasteiger partial charge in [0.25, 0.3) is 0 Å². The van der Waals surface area contributed by atoms with E-state index in [1.807, 2.05) is 0 Å². The molecule has 1 atom stereocenters. The molecule has 2 heterocycles. The molecular weight excluding hydrogens is 266 g/mol. The van der Waals surface area contributed by atoms with Gasteiger partial charge in [-0.25, -0.2) is 0 Å². The van der Waals surface area contributed by atoms with Crippen LogP contribution < -0.4 is 5.32 Å². The van der Waals surface area contributed by atoms with Crippen molar-refractivity contribution in [2.75, 3.05) is 13.1 Å². The summed E-state index contributed by atoms with van der Waals surface area (Å²) in [6, 6.07) is 6.55. The van der Waals surface area contributed by atoms with E-state index in [2.05, 4.69) is 49.6 Å². The van der Waals surface area contributed by atoms with Gasteiger partial charge in [0.15, 0.2) is 0 Å². The van der Waals surface area contributed by atoms with Crippen LogP contribution in [-0.2, 0) is 0 Å². The molecule has 3 nitrogen and oxygen atoms in total. The number of H-pyrrole nitrogens is 1. The highest BCUT2D eigenvalue weighted by Gasteiger charge is 2.16. The van der Waals surface area contributed by atoms with Gasteiger partial charge in [0.05, 0.1) is 5.52 Å². The van der Waals surface area contributed by atoms with Gasteiger partial charge >= 0.3 is 0 Å². The highest BCUT2D eigenvalue weighted by atomic mass is 79.9. The van der Waals surface area contributed by atoms with E-state index in [0.29, 0.717) is 5.92 Å². The Labute approximate surface area is 103 Å². The SMILES string of the molecule is Brc1[nH]nc2ccc(C3CCCNC3)cc12. The number of halogens is 1. The lowest BCUT2D eigenvalue weighted by Gasteiger charge is -2.23. The number of hydrogen-bond acceptors (Lipinski definition) is 2. The summed E-state index contributed by atoms with van der Waals surface area (Å²) in [6.07, 6.45) is 2.56. The summed E-state index contributed by atoms with van der Waals surface area (Å²) < 4.78 is 0.980. The van der Waals surface area contributed by atoms with Gasteiger partial charge in [0, 0.05) is 11.9 Å². The average Bonchev–Trinajstić information content (AvgIpc) is 2.72. The van der Waals surface area contributed by atoms with Crippen molar-refractivity contribution in [2.24, 2.45) is 0 Å². The lowest BCUT2D eigenvalue weighted by molar-refractivity contribution is 0.462. The Balaban J connectivity index is 1.99. The fourth-order valence-electron chi connectivity index (χ4n) is 2.39. The van der Waals surface area contributed by atoms with Crippen LogP contribution in [0.3, 0.4) is 0 Å². The molecule has 84 valence electrons. The van der Waals surface area contributed by atoms with Crippen LogP contribution in [0.1, 0.15) is 24.3 Å². The average molecular weight is 280 g/mol. The minimum absolute atomic E-state index is 0.653. The largest absolute Gasteiger partial charge is 0.316 e. The van der Waals surface area contributed by atoms with E-state index >= 15 is 0 Å². The van der Waals surface area contributed by atoms with Crippen LogP contribution in [0, 0.1) is 0 Å². The normalized spacial score (nSPS) is 21.4. The monoisotopic (exact) mass is 279 g/mol. The van der Waals surface area contributed by atoms with Crippen LogP contribution in [0.5, 0.6) is 0 Å². The zero-order valence-corrected chi connectivity index (χ0v) is 10.5. The van der Waals surface area contributed by atoms with Crippen LogP contribution in [0.25, 0.3) is 10.9 Å². The molecule has 0 spiro atoms. The number of benzene rings is 1. The number of piperidine rings is 1. The zero-order valence-electron chi connectivity index (χ0n) is 8.96. The first kappa shape index (κ1) is 10.3. The Bertz CT molecular complexity index is 500. The van der Waals surface area contributed by atoms with Crippen LogP contribution in [-0.4, -0.2) is 23.3 Å². The summed E-state index contributed by atoms with van der Waals surface area (Å²) in [4.78, 5) is 0. The molecule has 3 rings (SSSR count). The zero-order chi connectivity index (χ0) is 11.0. The van der Waals surface area contributed by atoms with Gasteiger partial charge in [-0.1, -0.05) is 6.07 Å². The molecule has 1 saturated heterocycles. The van der Waals surface area contributed by atoms with Gasteiger partial charge in [-0.15, -0.1) is 0 Å². The fraction of sp³-hybridized carbons (Fsp3) is 0.417. The molecule has 0 aliphatic carbocycles. The second-order valence-corrected chi connectivity index (χ2v) is 5.15. The van der Waals surface area contributed by atoms with E-state index in [4.69, 9.17) is 0 Å². The first-order valence-electron chi connectivity index (χ1n) is 5.69. The second-order valence-electron chi connectivity index (χ2n) is 4.36. The Kier molecular flexibility index (Phi) is 2.69. The van der Waals surface area contributed by atoms with Gasteiger partial charge < -0.3 is 5.32 Å². The van der Waals surface area contributed by atoms with Gasteiger partial charge in [0.2, 0.25) is 0 Å². The number of aromatic nitrogens is 2. The molecule has 0 amide bonds. The number of aromatic amines is 1. The minimum Gasteiger partial charge on any atom is -0.316 e. The molecule has 0 radical (unpaired) electrons. The van der Waals surface area contributed by atoms with Crippen molar-refractivity contribution in [1.29, 1.82) is 0 Å². The Morgan fingerprint density at radius 2 is 2.31 bits per heavy atom. The lowest BCUT2D eigenvalue weighted by atomic mass is 9.91. The second kappa shape index (κ2) is 4.18. The number of hydrogen-bond donors (Lipinski definition) is 2. The minimum atomic E-state index is 0.653. The van der Waals surface area contributed by atoms with E-state index in [-0.39, 0.29) is 0 Å². The Hall–Kier alpha value is -0.870. The van der Waals surface area contributed by atoms with E-state index in [9.17, 15) is 0 Å². The molecule has 16 heavy (non-hydrogen) atoms. The predicted molar refractivity (Wildman–Crippen MR) is 68.6 cm³/mol. The first-order chi connectivity index (χ1) is 7.84. The van der Waals surface area contributed by atoms with Crippen molar-refractivity contribution in [3.8, 4) is 0 Å². The third-order valence-electron chi connectivity index (χ3n) is 3.30. The predicted octanol–water partition coefficient (Wildman–Crippen LogP) is 2.79. The molecule has 1 aliphatic heterocycles. The van der Waals surface area contributed by atoms with Crippen molar-refractivity contribution >= 4 is 26.8 Å². The summed E-state index contributed by atoms with van der Waals surface area (Å²) in [5.74, 6) is 0.653. The summed E-state index contributed by atoms with van der Waals surface area (Å²) in [5.41, 5.74) is 2.45. The van der Waals surface area contributed by atoms with Crippen molar-refractivity contribution in [3.63, 3.8) is 0 Å². The highest BCUT2D eigenvalue weighted by molar-refractivity contribution is 9.10. The van der Waals surface area contributed by atoms with Crippen molar-refractivity contribution in [2.45, 2.75) is 18.8 Å². The number of nitrogens with one attached hydrogen (secondary N) is 2. The molecule has 1 aromatic carbocycles. The van der Waals surface area contributed by atoms with Gasteiger partial charge in [-0.3, -0.25) is 5.10 Å². The molecule has 4 heteroatoms. The van der Waals surface area contributed by atoms with Gasteiger partial charge in [-0.05, 0) is 58.9 Å². The van der Waals surface area contributed by atoms with Crippen molar-refractivity contribution < 1.29 is 0 Å². The third kappa shape index (κ3) is 1.76. The molecule has 1 aliphatic rings. The van der Waals surface area contributed by atoms with Gasteiger partial charge in [-0.2, -0.15) is 5.10 Å². The summed E-state index contributed by atoms with van der Waals surface area (Å²) in [5, 5.41) is 11.8. The van der Waals surface area contributed by atoms with Crippen LogP contribution >= 0.6 is 15.9 Å². The molecule has 1 aromatic heterocycles. The Morgan fingerprint density at radius 3 is 3.12 bits per heavy atom. The molecule has 2 aromatic rings. The number of rotatable bonds is 1. The van der Waals surface area contributed by atoms with E-state index < -0.39 is 0 Å². The quantitative estimate of drug-likeness (QED) is 0.843. The van der Waals surface area contributed by atoms with E-state index in [0.717, 1.165) is 23.2 Å². The van der Waals surface area contributed by atoms with E-state index in [1.165, 1.54) is 23.8 Å². The third-order valence-corrected chi connectivity index (χ3v) is 3.90. The molecule has 2 N–H and O–H groups in total. The summed E-state index contributed by atoms with van der Waals surface area (Å²) >= 11 is 3.49. The molecule has 0 bridgehead atoms. The fourth-order valence-corrected chi connectivity index (χ4v) is 2.79. The van der Waals surface area contributed by atoms with Crippen molar-refractivity contribution in [1.82, 2.24) is 15.5 Å². The lowest BCUT2D eigenvalue weighted by Crippen LogP contribution is -2.28. The van der Waals surface area contributed by atoms with E-state index in [1.54, 1.807) is 0 Å². The Morgan fingerprint density at radius 1 is 1.38 bits per heavy atom. The van der Waals surface area contributed by atoms with Crippen molar-refractivity contribution in [3.05, 3.63) is 28.4 Å². The molecule has 1 unspecified atom stereocenters. The maximum Gasteiger partial charge on any atom is 0.108 e. The van der Waals surface area contributed by atoms with Crippen LogP contribution in [0.2, 0.25) is 0 Å². The highest BCUT2D eigenvalue weighted by Crippen LogP contribution is 2.28. The molecule has 1 fully saturated rings. The number of nitrogens with zero attached hydrogens (tertiary/aromatic N) is 1. The molecule has 0 saturated carbocycles. The smallest absolute Gasteiger partial charge is 0.108 e. The topological polar surface area (TPSA) is 40.7 Å². The maximum atomic E-state index is 4.22. The molecular formula is C12H14BrN3. The van der Waals surface area contributed by atoms with Crippen LogP contribution in [0.4, 0.5) is 0 Å². The maximum absolute atomic E-state index is 4.22. The summed E-state index contributed by atoms with van der Waals surface area (Å²) in [6.45, 7) is 2.26. The van der Waals surface area contributed by atoms with Gasteiger partial charge in [0.1, 0.15) is 4.60 Å².